The van der Waals surface area contributed by atoms with E-state index in [4.69, 9.17) is 0 Å². The summed E-state index contributed by atoms with van der Waals surface area (Å²) in [6.07, 6.45) is 9.11. The highest BCUT2D eigenvalue weighted by molar-refractivity contribution is 7.94. The first kappa shape index (κ1) is 16.9. The molecule has 2 aromatic heterocycles. The van der Waals surface area contributed by atoms with Crippen LogP contribution in [0.25, 0.3) is 16.6 Å². The van der Waals surface area contributed by atoms with Gasteiger partial charge >= 0.3 is 0 Å². The summed E-state index contributed by atoms with van der Waals surface area (Å²) in [6.45, 7) is 1.37. The van der Waals surface area contributed by atoms with Crippen molar-refractivity contribution in [2.45, 2.75) is 42.8 Å². The van der Waals surface area contributed by atoms with E-state index in [-0.39, 0.29) is 11.2 Å². The van der Waals surface area contributed by atoms with E-state index in [1.165, 1.54) is 6.92 Å². The minimum absolute atomic E-state index is 0.0581. The SMILES string of the molecule is CC(=O)N=S(=O)(c1ccc2nn(-c3cccnc3)cc2c1)C1CCCC1. The van der Waals surface area contributed by atoms with E-state index >= 15 is 0 Å². The van der Waals surface area contributed by atoms with Crippen molar-refractivity contribution in [1.82, 2.24) is 14.8 Å². The first-order valence-corrected chi connectivity index (χ1v) is 10.3. The molecule has 2 heterocycles. The van der Waals surface area contributed by atoms with Crippen LogP contribution in [0.2, 0.25) is 0 Å². The predicted octanol–water partition coefficient (Wildman–Crippen LogP) is 3.74. The van der Waals surface area contributed by atoms with Gasteiger partial charge in [0.25, 0.3) is 5.91 Å². The number of carbonyl (C=O) groups is 1. The molecular formula is C19H20N4O2S. The Morgan fingerprint density at radius 3 is 2.77 bits per heavy atom. The highest BCUT2D eigenvalue weighted by Crippen LogP contribution is 2.33. The van der Waals surface area contributed by atoms with Crippen LogP contribution in [0.3, 0.4) is 0 Å². The third-order valence-corrected chi connectivity index (χ3v) is 7.57. The molecule has 1 aromatic carbocycles. The van der Waals surface area contributed by atoms with Gasteiger partial charge in [-0.15, -0.1) is 0 Å². The van der Waals surface area contributed by atoms with E-state index in [0.717, 1.165) is 42.3 Å². The summed E-state index contributed by atoms with van der Waals surface area (Å²) in [6, 6.07) is 9.29. The van der Waals surface area contributed by atoms with Gasteiger partial charge in [0.15, 0.2) is 0 Å². The fourth-order valence-corrected chi connectivity index (χ4v) is 6.08. The van der Waals surface area contributed by atoms with Gasteiger partial charge < -0.3 is 0 Å². The van der Waals surface area contributed by atoms with E-state index in [9.17, 15) is 9.00 Å². The highest BCUT2D eigenvalue weighted by Gasteiger charge is 2.29. The maximum absolute atomic E-state index is 13.7. The van der Waals surface area contributed by atoms with Crippen molar-refractivity contribution in [1.29, 1.82) is 0 Å². The number of rotatable bonds is 3. The lowest BCUT2D eigenvalue weighted by Crippen LogP contribution is -2.19. The summed E-state index contributed by atoms with van der Waals surface area (Å²) in [7, 11) is -2.77. The minimum atomic E-state index is -2.77. The molecule has 0 spiro atoms. The topological polar surface area (TPSA) is 77.2 Å². The van der Waals surface area contributed by atoms with Gasteiger partial charge in [-0.1, -0.05) is 12.8 Å². The molecule has 1 aliphatic rings. The van der Waals surface area contributed by atoms with Crippen LogP contribution < -0.4 is 0 Å². The normalized spacial score (nSPS) is 17.3. The Morgan fingerprint density at radius 2 is 2.08 bits per heavy atom. The second-order valence-corrected chi connectivity index (χ2v) is 9.05. The molecule has 1 aliphatic carbocycles. The lowest BCUT2D eigenvalue weighted by atomic mass is 10.3. The van der Waals surface area contributed by atoms with Crippen molar-refractivity contribution in [3.63, 3.8) is 0 Å². The Balaban J connectivity index is 1.83. The number of hydrogen-bond donors (Lipinski definition) is 0. The zero-order valence-electron chi connectivity index (χ0n) is 14.5. The van der Waals surface area contributed by atoms with Crippen LogP contribution in [0, 0.1) is 0 Å². The van der Waals surface area contributed by atoms with Gasteiger partial charge in [-0.2, -0.15) is 9.46 Å². The molecule has 134 valence electrons. The molecule has 0 N–H and O–H groups in total. The highest BCUT2D eigenvalue weighted by atomic mass is 32.2. The lowest BCUT2D eigenvalue weighted by molar-refractivity contribution is -0.115. The van der Waals surface area contributed by atoms with Crippen LogP contribution in [0.4, 0.5) is 0 Å². The van der Waals surface area contributed by atoms with E-state index in [1.54, 1.807) is 23.1 Å². The lowest BCUT2D eigenvalue weighted by Gasteiger charge is -2.16. The van der Waals surface area contributed by atoms with Crippen LogP contribution in [0.15, 0.2) is 58.2 Å². The Labute approximate surface area is 152 Å². The van der Waals surface area contributed by atoms with E-state index in [1.807, 2.05) is 30.5 Å². The number of aromatic nitrogens is 3. The Kier molecular flexibility index (Phi) is 4.32. The number of hydrogen-bond acceptors (Lipinski definition) is 4. The molecule has 1 unspecified atom stereocenters. The molecular weight excluding hydrogens is 348 g/mol. The number of carbonyl (C=O) groups excluding carboxylic acids is 1. The molecule has 0 saturated heterocycles. The number of pyridine rings is 1. The molecule has 4 rings (SSSR count). The van der Waals surface area contributed by atoms with Gasteiger partial charge in [-0.05, 0) is 43.2 Å². The third-order valence-electron chi connectivity index (χ3n) is 4.74. The predicted molar refractivity (Wildman–Crippen MR) is 101 cm³/mol. The molecule has 0 radical (unpaired) electrons. The average molecular weight is 368 g/mol. The molecule has 0 aliphatic heterocycles. The van der Waals surface area contributed by atoms with E-state index < -0.39 is 9.73 Å². The smallest absolute Gasteiger partial charge is 0.250 e. The monoisotopic (exact) mass is 368 g/mol. The molecule has 0 bridgehead atoms. The zero-order chi connectivity index (χ0) is 18.1. The van der Waals surface area contributed by atoms with Gasteiger partial charge in [-0.3, -0.25) is 9.78 Å². The first-order chi connectivity index (χ1) is 12.6. The van der Waals surface area contributed by atoms with Crippen LogP contribution in [-0.4, -0.2) is 30.1 Å². The maximum Gasteiger partial charge on any atom is 0.250 e. The van der Waals surface area contributed by atoms with Crippen molar-refractivity contribution < 1.29 is 9.00 Å². The molecule has 3 aromatic rings. The van der Waals surface area contributed by atoms with Crippen LogP contribution in [0.5, 0.6) is 0 Å². The fourth-order valence-electron chi connectivity index (χ4n) is 3.53. The summed E-state index contributed by atoms with van der Waals surface area (Å²) < 4.78 is 19.5. The van der Waals surface area contributed by atoms with E-state index in [0.29, 0.717) is 4.90 Å². The van der Waals surface area contributed by atoms with Crippen molar-refractivity contribution in [2.24, 2.45) is 4.36 Å². The number of fused-ring (bicyclic) bond motifs is 1. The molecule has 1 fully saturated rings. The van der Waals surface area contributed by atoms with Crippen molar-refractivity contribution in [2.75, 3.05) is 0 Å². The Morgan fingerprint density at radius 1 is 1.27 bits per heavy atom. The Hall–Kier alpha value is -2.54. The largest absolute Gasteiger partial charge is 0.272 e. The summed E-state index contributed by atoms with van der Waals surface area (Å²) in [5.74, 6) is -0.381. The van der Waals surface area contributed by atoms with E-state index in [2.05, 4.69) is 14.4 Å². The van der Waals surface area contributed by atoms with Gasteiger partial charge in [-0.25, -0.2) is 8.89 Å². The van der Waals surface area contributed by atoms with Gasteiger partial charge in [0, 0.05) is 34.8 Å². The van der Waals surface area contributed by atoms with Crippen molar-refractivity contribution in [3.05, 3.63) is 48.9 Å². The molecule has 1 saturated carbocycles. The third kappa shape index (κ3) is 3.03. The van der Waals surface area contributed by atoms with Crippen molar-refractivity contribution in [3.8, 4) is 5.69 Å². The number of amides is 1. The summed E-state index contributed by atoms with van der Waals surface area (Å²) >= 11 is 0. The Bertz CT molecular complexity index is 1080. The molecule has 1 atom stereocenters. The second-order valence-electron chi connectivity index (χ2n) is 6.59. The van der Waals surface area contributed by atoms with Gasteiger partial charge in [0.2, 0.25) is 0 Å². The minimum Gasteiger partial charge on any atom is -0.272 e. The molecule has 1 amide bonds. The molecule has 26 heavy (non-hydrogen) atoms. The molecule has 6 nitrogen and oxygen atoms in total. The van der Waals surface area contributed by atoms with Crippen molar-refractivity contribution >= 4 is 26.5 Å². The summed E-state index contributed by atoms with van der Waals surface area (Å²) in [5.41, 5.74) is 1.66. The number of benzene rings is 1. The summed E-state index contributed by atoms with van der Waals surface area (Å²) in [5, 5.41) is 5.36. The zero-order valence-corrected chi connectivity index (χ0v) is 15.4. The fraction of sp³-hybridized carbons (Fsp3) is 0.316. The average Bonchev–Trinajstić information content (AvgIpc) is 3.31. The van der Waals surface area contributed by atoms with Crippen LogP contribution >= 0.6 is 0 Å². The second kappa shape index (κ2) is 6.64. The first-order valence-electron chi connectivity index (χ1n) is 8.73. The maximum atomic E-state index is 13.7. The molecule has 7 heteroatoms. The quantitative estimate of drug-likeness (QED) is 0.706. The van der Waals surface area contributed by atoms with Crippen LogP contribution in [0.1, 0.15) is 32.6 Å². The standard InChI is InChI=1S/C19H20N4O2S/c1-14(24)22-26(25,17-6-2-3-7-17)18-8-9-19-15(11-18)13-23(21-19)16-5-4-10-20-12-16/h4-5,8-13,17H,2-3,6-7H2,1H3. The van der Waals surface area contributed by atoms with Crippen LogP contribution in [-0.2, 0) is 14.5 Å². The van der Waals surface area contributed by atoms with Gasteiger partial charge in [0.1, 0.15) is 0 Å². The summed E-state index contributed by atoms with van der Waals surface area (Å²) in [4.78, 5) is 16.4. The van der Waals surface area contributed by atoms with Gasteiger partial charge in [0.05, 0.1) is 27.1 Å². The number of nitrogens with zero attached hydrogens (tertiary/aromatic N) is 4.